The number of esters is 1. The van der Waals surface area contributed by atoms with Crippen LogP contribution in [-0.4, -0.2) is 56.9 Å². The van der Waals surface area contributed by atoms with Crippen LogP contribution in [0.5, 0.6) is 0 Å². The number of hydrogen-bond acceptors (Lipinski definition) is 5. The standard InChI is InChI=1S/C13H22N2O4/c1-18-12(16)10-5-11(14-6-9-3-4-9)8-15(7-10)13(17)19-2/h9-11,14H,3-8H2,1-2H3. The summed E-state index contributed by atoms with van der Waals surface area (Å²) in [4.78, 5) is 24.9. The first kappa shape index (κ1) is 14.1. The second-order valence-electron chi connectivity index (χ2n) is 5.38. The first-order chi connectivity index (χ1) is 9.13. The Labute approximate surface area is 113 Å². The fourth-order valence-corrected chi connectivity index (χ4v) is 2.52. The van der Waals surface area contributed by atoms with Crippen molar-refractivity contribution in [2.24, 2.45) is 11.8 Å². The molecule has 0 radical (unpaired) electrons. The lowest BCUT2D eigenvalue weighted by Crippen LogP contribution is -2.53. The molecule has 2 atom stereocenters. The molecule has 1 aliphatic carbocycles. The van der Waals surface area contributed by atoms with Crippen molar-refractivity contribution in [3.8, 4) is 0 Å². The van der Waals surface area contributed by atoms with E-state index >= 15 is 0 Å². The normalized spacial score (nSPS) is 26.9. The third kappa shape index (κ3) is 3.83. The van der Waals surface area contributed by atoms with Gasteiger partial charge in [-0.1, -0.05) is 0 Å². The van der Waals surface area contributed by atoms with Gasteiger partial charge < -0.3 is 19.7 Å². The molecule has 2 fully saturated rings. The molecule has 0 aromatic carbocycles. The highest BCUT2D eigenvalue weighted by atomic mass is 16.5. The molecule has 0 bridgehead atoms. The van der Waals surface area contributed by atoms with Crippen LogP contribution in [0.15, 0.2) is 0 Å². The van der Waals surface area contributed by atoms with Gasteiger partial charge in [-0.2, -0.15) is 0 Å². The van der Waals surface area contributed by atoms with Crippen molar-refractivity contribution in [3.63, 3.8) is 0 Å². The molecule has 6 nitrogen and oxygen atoms in total. The van der Waals surface area contributed by atoms with Gasteiger partial charge in [0.15, 0.2) is 0 Å². The van der Waals surface area contributed by atoms with E-state index in [9.17, 15) is 9.59 Å². The second kappa shape index (κ2) is 6.23. The Kier molecular flexibility index (Phi) is 4.63. The molecule has 1 amide bonds. The maximum absolute atomic E-state index is 11.7. The average Bonchev–Trinajstić information content (AvgIpc) is 3.27. The molecule has 6 heteroatoms. The van der Waals surface area contributed by atoms with Crippen LogP contribution in [-0.2, 0) is 14.3 Å². The van der Waals surface area contributed by atoms with Gasteiger partial charge in [0.2, 0.25) is 0 Å². The number of methoxy groups -OCH3 is 2. The van der Waals surface area contributed by atoms with Crippen molar-refractivity contribution in [1.29, 1.82) is 0 Å². The maximum Gasteiger partial charge on any atom is 0.409 e. The molecule has 108 valence electrons. The quantitative estimate of drug-likeness (QED) is 0.758. The van der Waals surface area contributed by atoms with Crippen LogP contribution < -0.4 is 5.32 Å². The van der Waals surface area contributed by atoms with E-state index < -0.39 is 0 Å². The predicted molar refractivity (Wildman–Crippen MR) is 68.6 cm³/mol. The Bertz CT molecular complexity index is 320. The van der Waals surface area contributed by atoms with E-state index in [4.69, 9.17) is 9.47 Å². The van der Waals surface area contributed by atoms with E-state index in [1.165, 1.54) is 27.1 Å². The Morgan fingerprint density at radius 3 is 2.53 bits per heavy atom. The molecule has 1 saturated heterocycles. The summed E-state index contributed by atoms with van der Waals surface area (Å²) in [6, 6.07) is 0.137. The summed E-state index contributed by atoms with van der Waals surface area (Å²) in [5, 5.41) is 3.44. The van der Waals surface area contributed by atoms with Gasteiger partial charge in [0.1, 0.15) is 0 Å². The molecule has 0 aromatic rings. The Hall–Kier alpha value is -1.30. The maximum atomic E-state index is 11.7. The van der Waals surface area contributed by atoms with E-state index in [2.05, 4.69) is 5.32 Å². The van der Waals surface area contributed by atoms with E-state index in [1.807, 2.05) is 0 Å². The smallest absolute Gasteiger partial charge is 0.409 e. The van der Waals surface area contributed by atoms with Crippen LogP contribution in [0.25, 0.3) is 0 Å². The lowest BCUT2D eigenvalue weighted by Gasteiger charge is -2.36. The third-order valence-corrected chi connectivity index (χ3v) is 3.81. The van der Waals surface area contributed by atoms with Gasteiger partial charge in [0.05, 0.1) is 20.1 Å². The number of piperidine rings is 1. The van der Waals surface area contributed by atoms with E-state index in [0.29, 0.717) is 19.5 Å². The molecule has 1 N–H and O–H groups in total. The first-order valence-electron chi connectivity index (χ1n) is 6.78. The fourth-order valence-electron chi connectivity index (χ4n) is 2.52. The summed E-state index contributed by atoms with van der Waals surface area (Å²) >= 11 is 0. The molecular weight excluding hydrogens is 248 g/mol. The lowest BCUT2D eigenvalue weighted by molar-refractivity contribution is -0.147. The van der Waals surface area contributed by atoms with Gasteiger partial charge in [0, 0.05) is 19.1 Å². The molecule has 1 saturated carbocycles. The monoisotopic (exact) mass is 270 g/mol. The summed E-state index contributed by atoms with van der Waals surface area (Å²) < 4.78 is 9.54. The second-order valence-corrected chi connectivity index (χ2v) is 5.38. The first-order valence-corrected chi connectivity index (χ1v) is 6.78. The highest BCUT2D eigenvalue weighted by Crippen LogP contribution is 2.28. The summed E-state index contributed by atoms with van der Waals surface area (Å²) in [5.74, 6) is 0.242. The third-order valence-electron chi connectivity index (χ3n) is 3.81. The molecule has 2 aliphatic rings. The largest absolute Gasteiger partial charge is 0.469 e. The van der Waals surface area contributed by atoms with Crippen LogP contribution in [0.3, 0.4) is 0 Å². The summed E-state index contributed by atoms with van der Waals surface area (Å²) in [6.07, 6.45) is 2.89. The SMILES string of the molecule is COC(=O)C1CC(NCC2CC2)CN(C(=O)OC)C1. The van der Waals surface area contributed by atoms with Crippen LogP contribution in [0.2, 0.25) is 0 Å². The van der Waals surface area contributed by atoms with E-state index in [1.54, 1.807) is 4.90 Å². The minimum Gasteiger partial charge on any atom is -0.469 e. The number of ether oxygens (including phenoxy) is 2. The highest BCUT2D eigenvalue weighted by molar-refractivity contribution is 5.74. The topological polar surface area (TPSA) is 67.9 Å². The van der Waals surface area contributed by atoms with Gasteiger partial charge in [-0.05, 0) is 31.7 Å². The zero-order chi connectivity index (χ0) is 13.8. The molecule has 0 aromatic heterocycles. The summed E-state index contributed by atoms with van der Waals surface area (Å²) in [6.45, 7) is 1.93. The summed E-state index contributed by atoms with van der Waals surface area (Å²) in [7, 11) is 2.74. The van der Waals surface area contributed by atoms with Crippen molar-refractivity contribution < 1.29 is 19.1 Å². The number of carbonyl (C=O) groups excluding carboxylic acids is 2. The number of nitrogens with zero attached hydrogens (tertiary/aromatic N) is 1. The number of hydrogen-bond donors (Lipinski definition) is 1. The number of rotatable bonds is 4. The van der Waals surface area contributed by atoms with Crippen LogP contribution in [0.4, 0.5) is 4.79 Å². The zero-order valence-electron chi connectivity index (χ0n) is 11.6. The van der Waals surface area contributed by atoms with Crippen LogP contribution in [0.1, 0.15) is 19.3 Å². The molecule has 1 heterocycles. The van der Waals surface area contributed by atoms with Crippen molar-refractivity contribution in [1.82, 2.24) is 10.2 Å². The number of likely N-dealkylation sites (tertiary alicyclic amines) is 1. The van der Waals surface area contributed by atoms with Crippen molar-refractivity contribution in [2.75, 3.05) is 33.9 Å². The average molecular weight is 270 g/mol. The molecule has 1 aliphatic heterocycles. The van der Waals surface area contributed by atoms with Crippen LogP contribution in [0, 0.1) is 11.8 Å². The van der Waals surface area contributed by atoms with Gasteiger partial charge >= 0.3 is 12.1 Å². The van der Waals surface area contributed by atoms with E-state index in [0.717, 1.165) is 12.5 Å². The van der Waals surface area contributed by atoms with Crippen molar-refractivity contribution in [3.05, 3.63) is 0 Å². The fraction of sp³-hybridized carbons (Fsp3) is 0.846. The molecular formula is C13H22N2O4. The van der Waals surface area contributed by atoms with Gasteiger partial charge in [-0.25, -0.2) is 4.79 Å². The predicted octanol–water partition coefficient (Wildman–Crippen LogP) is 0.616. The minimum absolute atomic E-state index is 0.137. The Morgan fingerprint density at radius 2 is 1.95 bits per heavy atom. The van der Waals surface area contributed by atoms with Gasteiger partial charge in [-0.3, -0.25) is 4.79 Å². The van der Waals surface area contributed by atoms with Gasteiger partial charge in [0.25, 0.3) is 0 Å². The number of nitrogens with one attached hydrogen (secondary N) is 1. The van der Waals surface area contributed by atoms with Gasteiger partial charge in [-0.15, -0.1) is 0 Å². The van der Waals surface area contributed by atoms with E-state index in [-0.39, 0.29) is 24.0 Å². The molecule has 19 heavy (non-hydrogen) atoms. The highest BCUT2D eigenvalue weighted by Gasteiger charge is 2.35. The Morgan fingerprint density at radius 1 is 1.21 bits per heavy atom. The van der Waals surface area contributed by atoms with Crippen LogP contribution >= 0.6 is 0 Å². The van der Waals surface area contributed by atoms with Crippen molar-refractivity contribution >= 4 is 12.1 Å². The Balaban J connectivity index is 1.93. The number of amides is 1. The summed E-state index contributed by atoms with van der Waals surface area (Å²) in [5.41, 5.74) is 0. The zero-order valence-corrected chi connectivity index (χ0v) is 11.6. The lowest BCUT2D eigenvalue weighted by atomic mass is 9.94. The minimum atomic E-state index is -0.383. The molecule has 2 rings (SSSR count). The molecule has 2 unspecified atom stereocenters. The van der Waals surface area contributed by atoms with Crippen molar-refractivity contribution in [2.45, 2.75) is 25.3 Å². The number of carbonyl (C=O) groups is 2. The molecule has 0 spiro atoms.